The first kappa shape index (κ1) is 18.6. The van der Waals surface area contributed by atoms with Crippen molar-refractivity contribution in [3.63, 3.8) is 0 Å². The molecule has 2 aromatic carbocycles. The zero-order valence-electron chi connectivity index (χ0n) is 14.9. The number of carbonyl (C=O) groups excluding carboxylic acids is 1. The van der Waals surface area contributed by atoms with Gasteiger partial charge in [0.25, 0.3) is 5.91 Å². The summed E-state index contributed by atoms with van der Waals surface area (Å²) in [4.78, 5) is 18.6. The van der Waals surface area contributed by atoms with Crippen LogP contribution in [0.4, 0.5) is 4.39 Å². The van der Waals surface area contributed by atoms with Crippen LogP contribution in [-0.2, 0) is 6.42 Å². The molecular formula is C20H16ClFN4OS. The van der Waals surface area contributed by atoms with E-state index in [1.54, 1.807) is 40.9 Å². The van der Waals surface area contributed by atoms with Crippen LogP contribution in [0.2, 0.25) is 5.02 Å². The van der Waals surface area contributed by atoms with Crippen LogP contribution in [0.15, 0.2) is 48.5 Å². The fourth-order valence-electron chi connectivity index (χ4n) is 2.87. The van der Waals surface area contributed by atoms with Crippen molar-refractivity contribution >= 4 is 33.8 Å². The number of benzene rings is 2. The van der Waals surface area contributed by atoms with Gasteiger partial charge in [0, 0.05) is 23.4 Å². The van der Waals surface area contributed by atoms with Crippen LogP contribution < -0.4 is 5.32 Å². The van der Waals surface area contributed by atoms with Crippen LogP contribution in [0, 0.1) is 12.7 Å². The fourth-order valence-corrected chi connectivity index (χ4v) is 4.14. The standard InChI is InChI=1S/C20H16ClFN4OS/c1-12-17(10-11-23-19(27)15-4-2-3-5-16(15)21)28-20-24-18(25-26(12)20)13-6-8-14(22)9-7-13/h2-9H,10-11H2,1H3,(H,23,27). The lowest BCUT2D eigenvalue weighted by atomic mass is 10.2. The lowest BCUT2D eigenvalue weighted by Crippen LogP contribution is -2.25. The van der Waals surface area contributed by atoms with E-state index in [1.165, 1.54) is 23.5 Å². The van der Waals surface area contributed by atoms with Crippen LogP contribution in [0.3, 0.4) is 0 Å². The molecule has 0 radical (unpaired) electrons. The number of carbonyl (C=O) groups is 1. The summed E-state index contributed by atoms with van der Waals surface area (Å²) in [6.45, 7) is 2.46. The Balaban J connectivity index is 1.45. The van der Waals surface area contributed by atoms with Crippen LogP contribution in [0.1, 0.15) is 20.9 Å². The van der Waals surface area contributed by atoms with Gasteiger partial charge in [0.1, 0.15) is 5.82 Å². The molecule has 0 saturated carbocycles. The summed E-state index contributed by atoms with van der Waals surface area (Å²) in [5.74, 6) is 0.0799. The quantitative estimate of drug-likeness (QED) is 0.522. The van der Waals surface area contributed by atoms with E-state index in [9.17, 15) is 9.18 Å². The van der Waals surface area contributed by atoms with Gasteiger partial charge in [-0.1, -0.05) is 35.1 Å². The second-order valence-electron chi connectivity index (χ2n) is 6.23. The monoisotopic (exact) mass is 414 g/mol. The van der Waals surface area contributed by atoms with Gasteiger partial charge in [-0.2, -0.15) is 4.98 Å². The molecule has 0 unspecified atom stereocenters. The molecule has 0 aliphatic rings. The smallest absolute Gasteiger partial charge is 0.252 e. The number of halogens is 2. The molecule has 142 valence electrons. The minimum Gasteiger partial charge on any atom is -0.352 e. The Labute approximate surface area is 169 Å². The predicted molar refractivity (Wildman–Crippen MR) is 108 cm³/mol. The van der Waals surface area contributed by atoms with E-state index in [0.29, 0.717) is 29.4 Å². The highest BCUT2D eigenvalue weighted by Crippen LogP contribution is 2.25. The summed E-state index contributed by atoms with van der Waals surface area (Å²) in [5, 5.41) is 7.85. The molecule has 0 spiro atoms. The van der Waals surface area contributed by atoms with Gasteiger partial charge in [-0.15, -0.1) is 5.10 Å². The van der Waals surface area contributed by atoms with Gasteiger partial charge in [-0.25, -0.2) is 8.91 Å². The van der Waals surface area contributed by atoms with E-state index in [4.69, 9.17) is 11.6 Å². The summed E-state index contributed by atoms with van der Waals surface area (Å²) < 4.78 is 14.9. The first-order valence-corrected chi connectivity index (χ1v) is 9.86. The third-order valence-corrected chi connectivity index (χ3v) is 5.89. The number of aromatic nitrogens is 3. The summed E-state index contributed by atoms with van der Waals surface area (Å²) in [5.41, 5.74) is 2.21. The fraction of sp³-hybridized carbons (Fsp3) is 0.150. The third-order valence-electron chi connectivity index (χ3n) is 4.37. The third kappa shape index (κ3) is 3.63. The first-order valence-electron chi connectivity index (χ1n) is 8.66. The molecule has 0 aliphatic heterocycles. The zero-order chi connectivity index (χ0) is 19.7. The van der Waals surface area contributed by atoms with Gasteiger partial charge in [0.15, 0.2) is 5.82 Å². The molecule has 0 aliphatic carbocycles. The summed E-state index contributed by atoms with van der Waals surface area (Å²) in [7, 11) is 0. The van der Waals surface area contributed by atoms with Crippen molar-refractivity contribution in [2.24, 2.45) is 0 Å². The van der Waals surface area contributed by atoms with Crippen molar-refractivity contribution in [1.82, 2.24) is 19.9 Å². The molecule has 28 heavy (non-hydrogen) atoms. The summed E-state index contributed by atoms with van der Waals surface area (Å²) in [6.07, 6.45) is 0.670. The molecule has 0 fully saturated rings. The number of hydrogen-bond acceptors (Lipinski definition) is 4. The highest BCUT2D eigenvalue weighted by atomic mass is 35.5. The molecule has 4 aromatic rings. The maximum absolute atomic E-state index is 13.1. The molecular weight excluding hydrogens is 399 g/mol. The van der Waals surface area contributed by atoms with Crippen molar-refractivity contribution < 1.29 is 9.18 Å². The number of thiazole rings is 1. The summed E-state index contributed by atoms with van der Waals surface area (Å²) >= 11 is 7.58. The van der Waals surface area contributed by atoms with Gasteiger partial charge >= 0.3 is 0 Å². The maximum atomic E-state index is 13.1. The number of fused-ring (bicyclic) bond motifs is 1. The second-order valence-corrected chi connectivity index (χ2v) is 7.70. The Kier molecular flexibility index (Phi) is 5.11. The van der Waals surface area contributed by atoms with Gasteiger partial charge in [-0.05, 0) is 43.3 Å². The molecule has 1 amide bonds. The van der Waals surface area contributed by atoms with Crippen molar-refractivity contribution in [1.29, 1.82) is 0 Å². The average Bonchev–Trinajstić information content (AvgIpc) is 3.22. The molecule has 2 heterocycles. The zero-order valence-corrected chi connectivity index (χ0v) is 16.5. The van der Waals surface area contributed by atoms with Crippen molar-refractivity contribution in [2.75, 3.05) is 6.54 Å². The van der Waals surface area contributed by atoms with Crippen LogP contribution >= 0.6 is 22.9 Å². The lowest BCUT2D eigenvalue weighted by Gasteiger charge is -2.06. The number of nitrogens with zero attached hydrogens (tertiary/aromatic N) is 3. The van der Waals surface area contributed by atoms with Crippen LogP contribution in [-0.4, -0.2) is 27.0 Å². The average molecular weight is 415 g/mol. The SMILES string of the molecule is Cc1c(CCNC(=O)c2ccccc2Cl)sc2nc(-c3ccc(F)cc3)nn12. The van der Waals surface area contributed by atoms with E-state index in [0.717, 1.165) is 21.1 Å². The minimum absolute atomic E-state index is 0.193. The molecule has 2 aromatic heterocycles. The van der Waals surface area contributed by atoms with E-state index in [1.807, 2.05) is 6.92 Å². The molecule has 5 nitrogen and oxygen atoms in total. The molecule has 1 N–H and O–H groups in total. The topological polar surface area (TPSA) is 59.3 Å². The van der Waals surface area contributed by atoms with Crippen molar-refractivity contribution in [2.45, 2.75) is 13.3 Å². The minimum atomic E-state index is -0.290. The molecule has 0 bridgehead atoms. The molecule has 4 rings (SSSR count). The van der Waals surface area contributed by atoms with Crippen molar-refractivity contribution in [3.05, 3.63) is 75.5 Å². The maximum Gasteiger partial charge on any atom is 0.252 e. The normalized spacial score (nSPS) is 11.1. The van der Waals surface area contributed by atoms with Gasteiger partial charge in [0.2, 0.25) is 4.96 Å². The largest absolute Gasteiger partial charge is 0.352 e. The van der Waals surface area contributed by atoms with Gasteiger partial charge in [-0.3, -0.25) is 4.79 Å². The number of amides is 1. The molecule has 8 heteroatoms. The van der Waals surface area contributed by atoms with Gasteiger partial charge < -0.3 is 5.32 Å². The molecule has 0 atom stereocenters. The Morgan fingerprint density at radius 1 is 1.21 bits per heavy atom. The summed E-state index contributed by atoms with van der Waals surface area (Å²) in [6, 6.07) is 13.1. The Bertz CT molecular complexity index is 1150. The van der Waals surface area contributed by atoms with E-state index >= 15 is 0 Å². The highest BCUT2D eigenvalue weighted by Gasteiger charge is 2.15. The Morgan fingerprint density at radius 3 is 2.68 bits per heavy atom. The Morgan fingerprint density at radius 2 is 1.96 bits per heavy atom. The predicted octanol–water partition coefficient (Wildman–Crippen LogP) is 4.53. The second kappa shape index (κ2) is 7.69. The lowest BCUT2D eigenvalue weighted by molar-refractivity contribution is 0.0954. The van der Waals surface area contributed by atoms with E-state index in [2.05, 4.69) is 15.4 Å². The van der Waals surface area contributed by atoms with E-state index < -0.39 is 0 Å². The van der Waals surface area contributed by atoms with Crippen molar-refractivity contribution in [3.8, 4) is 11.4 Å². The number of nitrogens with one attached hydrogen (secondary N) is 1. The van der Waals surface area contributed by atoms with Gasteiger partial charge in [0.05, 0.1) is 16.3 Å². The highest BCUT2D eigenvalue weighted by molar-refractivity contribution is 7.17. The Hall–Kier alpha value is -2.77. The molecule has 0 saturated heterocycles. The first-order chi connectivity index (χ1) is 13.5. The number of rotatable bonds is 5. The number of hydrogen-bond donors (Lipinski definition) is 1. The van der Waals surface area contributed by atoms with Crippen LogP contribution in [0.5, 0.6) is 0 Å². The van der Waals surface area contributed by atoms with E-state index in [-0.39, 0.29) is 11.7 Å². The number of aryl methyl sites for hydroxylation is 1. The van der Waals surface area contributed by atoms with Crippen LogP contribution in [0.25, 0.3) is 16.3 Å².